The molecule has 0 aliphatic carbocycles. The number of nitrogens with zero attached hydrogens (tertiary/aromatic N) is 3. The van der Waals surface area contributed by atoms with E-state index in [1.54, 1.807) is 6.92 Å². The molecule has 2 amide bonds. The number of nitrogens with one attached hydrogen (secondary N) is 1. The number of aromatic nitrogens is 2. The van der Waals surface area contributed by atoms with E-state index in [9.17, 15) is 14.4 Å². The highest BCUT2D eigenvalue weighted by Crippen LogP contribution is 2.32. The van der Waals surface area contributed by atoms with Gasteiger partial charge in [0.2, 0.25) is 0 Å². The molecule has 2 heterocycles. The van der Waals surface area contributed by atoms with E-state index in [1.165, 1.54) is 18.3 Å². The number of ether oxygens (including phenoxy) is 1. The Bertz CT molecular complexity index is 693. The maximum absolute atomic E-state index is 12.2. The SMILES string of the molecule is CCN1C(=O)/C(=C\C(=O)OC)SC1=Nc1nc[nH]c1C(N)=O. The summed E-state index contributed by atoms with van der Waals surface area (Å²) in [5, 5.41) is 0.303. The summed E-state index contributed by atoms with van der Waals surface area (Å²) in [5.41, 5.74) is 5.24. The lowest BCUT2D eigenvalue weighted by molar-refractivity contribution is -0.135. The van der Waals surface area contributed by atoms with Gasteiger partial charge in [0.05, 0.1) is 18.3 Å². The number of amidine groups is 1. The molecule has 22 heavy (non-hydrogen) atoms. The number of hydrogen-bond donors (Lipinski definition) is 2. The molecule has 0 radical (unpaired) electrons. The first kappa shape index (κ1) is 15.8. The largest absolute Gasteiger partial charge is 0.466 e. The summed E-state index contributed by atoms with van der Waals surface area (Å²) in [4.78, 5) is 46.9. The van der Waals surface area contributed by atoms with Crippen molar-refractivity contribution in [1.29, 1.82) is 0 Å². The fourth-order valence-electron chi connectivity index (χ4n) is 1.68. The predicted octanol–water partition coefficient (Wildman–Crippen LogP) is 0.148. The van der Waals surface area contributed by atoms with Crippen LogP contribution < -0.4 is 5.73 Å². The topological polar surface area (TPSA) is 131 Å². The molecular weight excluding hydrogens is 310 g/mol. The van der Waals surface area contributed by atoms with Gasteiger partial charge in [-0.2, -0.15) is 0 Å². The molecule has 1 aromatic rings. The number of esters is 1. The van der Waals surface area contributed by atoms with Gasteiger partial charge in [-0.15, -0.1) is 0 Å². The van der Waals surface area contributed by atoms with Crippen LogP contribution >= 0.6 is 11.8 Å². The van der Waals surface area contributed by atoms with Crippen LogP contribution in [0.15, 0.2) is 22.3 Å². The predicted molar refractivity (Wildman–Crippen MR) is 79.3 cm³/mol. The molecule has 10 heteroatoms. The van der Waals surface area contributed by atoms with Crippen LogP contribution in [0.4, 0.5) is 5.82 Å². The van der Waals surface area contributed by atoms with Gasteiger partial charge < -0.3 is 15.5 Å². The molecule has 3 N–H and O–H groups in total. The Morgan fingerprint density at radius 3 is 2.91 bits per heavy atom. The Morgan fingerprint density at radius 1 is 1.59 bits per heavy atom. The van der Waals surface area contributed by atoms with Crippen LogP contribution in [0.5, 0.6) is 0 Å². The molecule has 1 fully saturated rings. The summed E-state index contributed by atoms with van der Waals surface area (Å²) < 4.78 is 4.50. The number of rotatable bonds is 4. The molecule has 0 aromatic carbocycles. The minimum atomic E-state index is -0.709. The number of amides is 2. The van der Waals surface area contributed by atoms with Crippen LogP contribution in [0, 0.1) is 0 Å². The van der Waals surface area contributed by atoms with Crippen molar-refractivity contribution in [2.45, 2.75) is 6.92 Å². The van der Waals surface area contributed by atoms with Crippen molar-refractivity contribution in [2.24, 2.45) is 10.7 Å². The summed E-state index contributed by atoms with van der Waals surface area (Å²) in [5.74, 6) is -1.63. The number of primary amides is 1. The highest BCUT2D eigenvalue weighted by molar-refractivity contribution is 8.18. The van der Waals surface area contributed by atoms with Gasteiger partial charge >= 0.3 is 5.97 Å². The van der Waals surface area contributed by atoms with Crippen LogP contribution in [-0.2, 0) is 14.3 Å². The second kappa shape index (κ2) is 6.43. The molecule has 0 spiro atoms. The van der Waals surface area contributed by atoms with Crippen molar-refractivity contribution in [3.63, 3.8) is 0 Å². The van der Waals surface area contributed by atoms with Crippen LogP contribution in [0.2, 0.25) is 0 Å². The van der Waals surface area contributed by atoms with E-state index in [2.05, 4.69) is 19.7 Å². The molecule has 116 valence electrons. The van der Waals surface area contributed by atoms with Crippen molar-refractivity contribution in [3.05, 3.63) is 23.0 Å². The number of carbonyl (C=O) groups is 3. The number of thioether (sulfide) groups is 1. The second-order valence-corrected chi connectivity index (χ2v) is 5.05. The zero-order valence-corrected chi connectivity index (χ0v) is 12.6. The van der Waals surface area contributed by atoms with Crippen molar-refractivity contribution in [2.75, 3.05) is 13.7 Å². The number of carbonyl (C=O) groups excluding carboxylic acids is 3. The summed E-state index contributed by atoms with van der Waals surface area (Å²) in [7, 11) is 1.22. The molecule has 9 nitrogen and oxygen atoms in total. The monoisotopic (exact) mass is 323 g/mol. The highest BCUT2D eigenvalue weighted by Gasteiger charge is 2.33. The normalized spacial score (nSPS) is 18.3. The quantitative estimate of drug-likeness (QED) is 0.599. The molecule has 0 bridgehead atoms. The van der Waals surface area contributed by atoms with E-state index in [-0.39, 0.29) is 22.3 Å². The molecule has 1 aliphatic heterocycles. The fraction of sp³-hybridized carbons (Fsp3) is 0.250. The maximum Gasteiger partial charge on any atom is 0.331 e. The zero-order valence-electron chi connectivity index (χ0n) is 11.8. The smallest absolute Gasteiger partial charge is 0.331 e. The van der Waals surface area contributed by atoms with Crippen LogP contribution in [0.3, 0.4) is 0 Å². The molecule has 0 unspecified atom stereocenters. The minimum absolute atomic E-state index is 0.0435. The summed E-state index contributed by atoms with van der Waals surface area (Å²) in [6.07, 6.45) is 2.38. The lowest BCUT2D eigenvalue weighted by atomic mass is 10.4. The lowest BCUT2D eigenvalue weighted by Gasteiger charge is -2.11. The van der Waals surface area contributed by atoms with E-state index in [1.807, 2.05) is 0 Å². The maximum atomic E-state index is 12.2. The number of aromatic amines is 1. The van der Waals surface area contributed by atoms with E-state index >= 15 is 0 Å². The number of nitrogens with two attached hydrogens (primary N) is 1. The molecular formula is C12H13N5O4S. The van der Waals surface area contributed by atoms with Gasteiger partial charge in [-0.3, -0.25) is 14.5 Å². The first-order valence-electron chi connectivity index (χ1n) is 6.19. The zero-order chi connectivity index (χ0) is 16.3. The van der Waals surface area contributed by atoms with Gasteiger partial charge in [0, 0.05) is 12.6 Å². The number of hydrogen-bond acceptors (Lipinski definition) is 7. The standard InChI is InChI=1S/C12H13N5O4S/c1-3-17-11(20)6(4-7(18)21-2)22-12(17)16-10-8(9(13)19)14-5-15-10/h4-5H,3H2,1-2H3,(H2,13,19)(H,14,15)/b6-4+,16-12?. The average molecular weight is 323 g/mol. The second-order valence-electron chi connectivity index (χ2n) is 4.04. The van der Waals surface area contributed by atoms with Gasteiger partial charge in [0.15, 0.2) is 16.7 Å². The number of likely N-dealkylation sites (N-methyl/N-ethyl adjacent to an activating group) is 1. The van der Waals surface area contributed by atoms with E-state index in [0.29, 0.717) is 11.7 Å². The Labute approximate surface area is 129 Å². The van der Waals surface area contributed by atoms with Crippen LogP contribution in [-0.4, -0.2) is 51.5 Å². The van der Waals surface area contributed by atoms with Crippen molar-refractivity contribution < 1.29 is 19.1 Å². The third kappa shape index (κ3) is 3.01. The Balaban J connectivity index is 2.38. The average Bonchev–Trinajstić information content (AvgIpc) is 3.05. The third-order valence-electron chi connectivity index (χ3n) is 2.72. The summed E-state index contributed by atoms with van der Waals surface area (Å²) >= 11 is 0.994. The first-order chi connectivity index (χ1) is 10.5. The fourth-order valence-corrected chi connectivity index (χ4v) is 2.68. The number of H-pyrrole nitrogens is 1. The van der Waals surface area contributed by atoms with Crippen molar-refractivity contribution >= 4 is 40.5 Å². The van der Waals surface area contributed by atoms with Crippen LogP contribution in [0.1, 0.15) is 17.4 Å². The molecule has 1 saturated heterocycles. The van der Waals surface area contributed by atoms with E-state index < -0.39 is 11.9 Å². The Morgan fingerprint density at radius 2 is 2.32 bits per heavy atom. The van der Waals surface area contributed by atoms with E-state index in [4.69, 9.17) is 5.73 Å². The molecule has 0 saturated carbocycles. The van der Waals surface area contributed by atoms with E-state index in [0.717, 1.165) is 17.8 Å². The molecule has 1 aliphatic rings. The Kier molecular flexibility index (Phi) is 4.61. The number of aliphatic imine (C=N–C) groups is 1. The van der Waals surface area contributed by atoms with Gasteiger partial charge in [0.25, 0.3) is 11.8 Å². The number of imidazole rings is 1. The molecule has 0 atom stereocenters. The molecule has 1 aromatic heterocycles. The Hall–Kier alpha value is -2.62. The lowest BCUT2D eigenvalue weighted by Crippen LogP contribution is -2.28. The van der Waals surface area contributed by atoms with Crippen molar-refractivity contribution in [1.82, 2.24) is 14.9 Å². The van der Waals surface area contributed by atoms with Gasteiger partial charge in [-0.25, -0.2) is 14.8 Å². The van der Waals surface area contributed by atoms with Gasteiger partial charge in [0.1, 0.15) is 0 Å². The van der Waals surface area contributed by atoms with Gasteiger partial charge in [-0.05, 0) is 18.7 Å². The summed E-state index contributed by atoms with van der Waals surface area (Å²) in [6.45, 7) is 2.11. The minimum Gasteiger partial charge on any atom is -0.466 e. The van der Waals surface area contributed by atoms with Gasteiger partial charge in [-0.1, -0.05) is 0 Å². The molecule has 2 rings (SSSR count). The first-order valence-corrected chi connectivity index (χ1v) is 7.00. The third-order valence-corrected chi connectivity index (χ3v) is 3.73. The number of methoxy groups -OCH3 is 1. The summed E-state index contributed by atoms with van der Waals surface area (Å²) in [6, 6.07) is 0. The van der Waals surface area contributed by atoms with Crippen molar-refractivity contribution in [3.8, 4) is 0 Å². The van der Waals surface area contributed by atoms with Crippen LogP contribution in [0.25, 0.3) is 0 Å². The highest BCUT2D eigenvalue weighted by atomic mass is 32.2.